The minimum Gasteiger partial charge on any atom is -0.485 e. The Labute approximate surface area is 131 Å². The Morgan fingerprint density at radius 1 is 1.20 bits per heavy atom. The highest BCUT2D eigenvalue weighted by atomic mass is 79.9. The third-order valence-corrected chi connectivity index (χ3v) is 4.49. The summed E-state index contributed by atoms with van der Waals surface area (Å²) < 4.78 is 6.97. The lowest BCUT2D eigenvalue weighted by atomic mass is 9.94. The summed E-state index contributed by atoms with van der Waals surface area (Å²) in [6.45, 7) is 2.01. The summed E-state index contributed by atoms with van der Waals surface area (Å²) in [4.78, 5) is 0. The van der Waals surface area contributed by atoms with Crippen molar-refractivity contribution in [2.24, 2.45) is 0 Å². The average Bonchev–Trinajstić information content (AvgIpc) is 2.42. The topological polar surface area (TPSA) is 29.5 Å². The van der Waals surface area contributed by atoms with Crippen LogP contribution in [0.2, 0.25) is 5.02 Å². The first kappa shape index (κ1) is 13.9. The second-order valence-corrected chi connectivity index (χ2v) is 6.36. The van der Waals surface area contributed by atoms with Crippen LogP contribution < -0.4 is 4.74 Å². The van der Waals surface area contributed by atoms with E-state index in [0.717, 1.165) is 26.9 Å². The van der Waals surface area contributed by atoms with Crippen LogP contribution in [0.15, 0.2) is 40.9 Å². The predicted octanol–water partition coefficient (Wildman–Crippen LogP) is 4.97. The molecule has 3 rings (SSSR count). The summed E-state index contributed by atoms with van der Waals surface area (Å²) in [5.74, 6) is 0.742. The summed E-state index contributed by atoms with van der Waals surface area (Å²) in [7, 11) is 0. The van der Waals surface area contributed by atoms with Gasteiger partial charge in [0.15, 0.2) is 0 Å². The molecule has 2 unspecified atom stereocenters. The van der Waals surface area contributed by atoms with E-state index in [0.29, 0.717) is 11.4 Å². The molecule has 0 fully saturated rings. The van der Waals surface area contributed by atoms with Crippen molar-refractivity contribution in [1.29, 1.82) is 0 Å². The van der Waals surface area contributed by atoms with E-state index in [9.17, 15) is 5.11 Å². The SMILES string of the molecule is Cc1ccc2c(c1)C(O)CC(c1cc(Cl)ccc1Br)O2. The molecular formula is C16H14BrClO2. The molecule has 1 heterocycles. The molecule has 0 amide bonds. The smallest absolute Gasteiger partial charge is 0.128 e. The Morgan fingerprint density at radius 3 is 2.80 bits per heavy atom. The zero-order valence-corrected chi connectivity index (χ0v) is 13.3. The van der Waals surface area contributed by atoms with Crippen LogP contribution in [0.1, 0.15) is 35.3 Å². The molecule has 104 valence electrons. The van der Waals surface area contributed by atoms with Crippen molar-refractivity contribution in [3.05, 3.63) is 62.6 Å². The number of rotatable bonds is 1. The van der Waals surface area contributed by atoms with Crippen molar-refractivity contribution in [3.8, 4) is 5.75 Å². The van der Waals surface area contributed by atoms with Crippen molar-refractivity contribution in [2.75, 3.05) is 0 Å². The first-order valence-corrected chi connectivity index (χ1v) is 7.62. The maximum absolute atomic E-state index is 10.3. The van der Waals surface area contributed by atoms with Crippen LogP contribution >= 0.6 is 27.5 Å². The van der Waals surface area contributed by atoms with Gasteiger partial charge in [-0.1, -0.05) is 39.2 Å². The highest BCUT2D eigenvalue weighted by Crippen LogP contribution is 2.43. The van der Waals surface area contributed by atoms with Crippen molar-refractivity contribution in [3.63, 3.8) is 0 Å². The van der Waals surface area contributed by atoms with E-state index >= 15 is 0 Å². The molecule has 20 heavy (non-hydrogen) atoms. The molecule has 0 radical (unpaired) electrons. The fraction of sp³-hybridized carbons (Fsp3) is 0.250. The number of fused-ring (bicyclic) bond motifs is 1. The van der Waals surface area contributed by atoms with Gasteiger partial charge in [0.05, 0.1) is 6.10 Å². The number of ether oxygens (including phenoxy) is 1. The van der Waals surface area contributed by atoms with E-state index in [1.807, 2.05) is 43.3 Å². The van der Waals surface area contributed by atoms with Crippen LogP contribution in [-0.4, -0.2) is 5.11 Å². The van der Waals surface area contributed by atoms with Gasteiger partial charge in [-0.15, -0.1) is 0 Å². The first-order chi connectivity index (χ1) is 9.54. The van der Waals surface area contributed by atoms with Gasteiger partial charge in [0, 0.05) is 27.0 Å². The lowest BCUT2D eigenvalue weighted by Gasteiger charge is -2.30. The minimum absolute atomic E-state index is 0.201. The first-order valence-electron chi connectivity index (χ1n) is 6.45. The molecule has 0 saturated heterocycles. The molecule has 2 atom stereocenters. The Kier molecular flexibility index (Phi) is 3.76. The fourth-order valence-corrected chi connectivity index (χ4v) is 3.20. The Bertz CT molecular complexity index is 657. The summed E-state index contributed by atoms with van der Waals surface area (Å²) in [6, 6.07) is 11.5. The average molecular weight is 354 g/mol. The van der Waals surface area contributed by atoms with E-state index < -0.39 is 6.10 Å². The number of hydrogen-bond acceptors (Lipinski definition) is 2. The van der Waals surface area contributed by atoms with Crippen LogP contribution in [0, 0.1) is 6.92 Å². The molecular weight excluding hydrogens is 340 g/mol. The molecule has 2 aromatic carbocycles. The van der Waals surface area contributed by atoms with Gasteiger partial charge in [0.25, 0.3) is 0 Å². The normalized spacial score (nSPS) is 21.2. The molecule has 1 aliphatic rings. The van der Waals surface area contributed by atoms with Crippen LogP contribution in [0.3, 0.4) is 0 Å². The predicted molar refractivity (Wildman–Crippen MR) is 83.3 cm³/mol. The van der Waals surface area contributed by atoms with Crippen LogP contribution in [0.5, 0.6) is 5.75 Å². The molecule has 0 bridgehead atoms. The number of aryl methyl sites for hydroxylation is 1. The molecule has 0 saturated carbocycles. The summed E-state index contributed by atoms with van der Waals surface area (Å²) in [6.07, 6.45) is -0.196. The minimum atomic E-state index is -0.519. The van der Waals surface area contributed by atoms with E-state index in [1.54, 1.807) is 0 Å². The molecule has 2 nitrogen and oxygen atoms in total. The third kappa shape index (κ3) is 2.58. The maximum Gasteiger partial charge on any atom is 0.128 e. The lowest BCUT2D eigenvalue weighted by molar-refractivity contribution is 0.0653. The number of aliphatic hydroxyl groups excluding tert-OH is 1. The van der Waals surface area contributed by atoms with Gasteiger partial charge >= 0.3 is 0 Å². The van der Waals surface area contributed by atoms with E-state index in [2.05, 4.69) is 15.9 Å². The van der Waals surface area contributed by atoms with Crippen molar-refractivity contribution >= 4 is 27.5 Å². The lowest BCUT2D eigenvalue weighted by Crippen LogP contribution is -2.19. The quantitative estimate of drug-likeness (QED) is 0.784. The van der Waals surface area contributed by atoms with Gasteiger partial charge in [0.2, 0.25) is 0 Å². The standard InChI is InChI=1S/C16H14BrClO2/c1-9-2-5-15-12(6-9)14(19)8-16(20-15)11-7-10(18)3-4-13(11)17/h2-7,14,16,19H,8H2,1H3. The largest absolute Gasteiger partial charge is 0.485 e. The Hall–Kier alpha value is -1.03. The zero-order chi connectivity index (χ0) is 14.3. The summed E-state index contributed by atoms with van der Waals surface area (Å²) in [5.41, 5.74) is 2.94. The second kappa shape index (κ2) is 5.40. The van der Waals surface area contributed by atoms with Crippen LogP contribution in [0.25, 0.3) is 0 Å². The zero-order valence-electron chi connectivity index (χ0n) is 10.9. The third-order valence-electron chi connectivity index (χ3n) is 3.54. The Balaban J connectivity index is 1.99. The van der Waals surface area contributed by atoms with E-state index in [-0.39, 0.29) is 6.10 Å². The molecule has 2 aromatic rings. The van der Waals surface area contributed by atoms with E-state index in [1.165, 1.54) is 0 Å². The van der Waals surface area contributed by atoms with Gasteiger partial charge in [-0.2, -0.15) is 0 Å². The Morgan fingerprint density at radius 2 is 2.00 bits per heavy atom. The molecule has 0 spiro atoms. The molecule has 0 aliphatic carbocycles. The second-order valence-electron chi connectivity index (χ2n) is 5.07. The monoisotopic (exact) mass is 352 g/mol. The van der Waals surface area contributed by atoms with Crippen molar-refractivity contribution in [2.45, 2.75) is 25.6 Å². The van der Waals surface area contributed by atoms with E-state index in [4.69, 9.17) is 16.3 Å². The van der Waals surface area contributed by atoms with Gasteiger partial charge in [-0.25, -0.2) is 0 Å². The van der Waals surface area contributed by atoms with Gasteiger partial charge in [-0.05, 0) is 37.3 Å². The maximum atomic E-state index is 10.3. The molecule has 1 N–H and O–H groups in total. The number of hydrogen-bond donors (Lipinski definition) is 1. The molecule has 1 aliphatic heterocycles. The molecule has 4 heteroatoms. The number of aliphatic hydroxyl groups is 1. The highest BCUT2D eigenvalue weighted by molar-refractivity contribution is 9.10. The number of benzene rings is 2. The fourth-order valence-electron chi connectivity index (χ4n) is 2.52. The van der Waals surface area contributed by atoms with Crippen molar-refractivity contribution < 1.29 is 9.84 Å². The summed E-state index contributed by atoms with van der Waals surface area (Å²) in [5, 5.41) is 11.0. The number of halogens is 2. The van der Waals surface area contributed by atoms with Crippen molar-refractivity contribution in [1.82, 2.24) is 0 Å². The van der Waals surface area contributed by atoms with Gasteiger partial charge in [-0.3, -0.25) is 0 Å². The van der Waals surface area contributed by atoms with Gasteiger partial charge < -0.3 is 9.84 Å². The van der Waals surface area contributed by atoms with Crippen LogP contribution in [0.4, 0.5) is 0 Å². The summed E-state index contributed by atoms with van der Waals surface area (Å²) >= 11 is 9.57. The van der Waals surface area contributed by atoms with Crippen LogP contribution in [-0.2, 0) is 0 Å². The highest BCUT2D eigenvalue weighted by Gasteiger charge is 2.29. The van der Waals surface area contributed by atoms with Gasteiger partial charge in [0.1, 0.15) is 11.9 Å². The molecule has 0 aromatic heterocycles.